The van der Waals surface area contributed by atoms with Gasteiger partial charge in [-0.3, -0.25) is 9.97 Å². The summed E-state index contributed by atoms with van der Waals surface area (Å²) in [5.41, 5.74) is 4.19. The molecule has 0 atom stereocenters. The Morgan fingerprint density at radius 2 is 0.923 bits per heavy atom. The Labute approximate surface area is 152 Å². The number of ether oxygens (including phenoxy) is 2. The fourth-order valence-corrected chi connectivity index (χ4v) is 3.31. The van der Waals surface area contributed by atoms with Gasteiger partial charge in [0.1, 0.15) is 11.5 Å². The maximum Gasteiger partial charge on any atom is 0.134 e. The minimum Gasteiger partial charge on any atom is -0.495 e. The van der Waals surface area contributed by atoms with Crippen LogP contribution < -0.4 is 9.47 Å². The maximum absolute atomic E-state index is 5.77. The van der Waals surface area contributed by atoms with Gasteiger partial charge >= 0.3 is 0 Å². The number of benzene rings is 2. The lowest BCUT2D eigenvalue weighted by Crippen LogP contribution is -1.94. The molecule has 4 aromatic rings. The van der Waals surface area contributed by atoms with E-state index in [1.54, 1.807) is 39.0 Å². The summed E-state index contributed by atoms with van der Waals surface area (Å²) in [6.07, 6.45) is 7.14. The zero-order valence-corrected chi connectivity index (χ0v) is 14.6. The third-order valence-corrected chi connectivity index (χ3v) is 4.49. The number of hydrogen-bond donors (Lipinski definition) is 0. The summed E-state index contributed by atoms with van der Waals surface area (Å²) < 4.78 is 11.5. The molecule has 0 N–H and O–H groups in total. The highest BCUT2D eigenvalue weighted by molar-refractivity contribution is 6.02. The molecule has 4 rings (SSSR count). The van der Waals surface area contributed by atoms with Crippen LogP contribution in [0, 0.1) is 0 Å². The van der Waals surface area contributed by atoms with Crippen LogP contribution >= 0.6 is 0 Å². The molecule has 0 radical (unpaired) electrons. The van der Waals surface area contributed by atoms with Crippen LogP contribution in [0.3, 0.4) is 0 Å². The number of aromatic nitrogens is 2. The van der Waals surface area contributed by atoms with Gasteiger partial charge in [0.2, 0.25) is 0 Å². The van der Waals surface area contributed by atoms with Crippen LogP contribution in [-0.2, 0) is 0 Å². The number of nitrogens with zero attached hydrogens (tertiary/aromatic N) is 2. The minimum absolute atomic E-state index is 0.827. The SMILES string of the molecule is COc1c(-c2ccncc2)ccc2c(OC)c(-c3ccncc3)ccc12. The van der Waals surface area contributed by atoms with E-state index in [4.69, 9.17) is 9.47 Å². The Morgan fingerprint density at radius 1 is 0.538 bits per heavy atom. The molecule has 0 aliphatic carbocycles. The molecule has 0 unspecified atom stereocenters. The molecule has 128 valence electrons. The van der Waals surface area contributed by atoms with E-state index in [1.807, 2.05) is 24.3 Å². The summed E-state index contributed by atoms with van der Waals surface area (Å²) in [6.45, 7) is 0. The topological polar surface area (TPSA) is 44.2 Å². The average molecular weight is 342 g/mol. The van der Waals surface area contributed by atoms with Crippen molar-refractivity contribution in [3.8, 4) is 33.8 Å². The largest absolute Gasteiger partial charge is 0.495 e. The van der Waals surface area contributed by atoms with E-state index in [1.165, 1.54) is 0 Å². The molecule has 0 aliphatic heterocycles. The molecular weight excluding hydrogens is 324 g/mol. The molecule has 0 amide bonds. The Bertz CT molecular complexity index is 961. The Balaban J connectivity index is 1.98. The van der Waals surface area contributed by atoms with E-state index in [0.29, 0.717) is 0 Å². The molecule has 0 saturated heterocycles. The second-order valence-corrected chi connectivity index (χ2v) is 5.86. The van der Waals surface area contributed by atoms with Crippen LogP contribution in [0.15, 0.2) is 73.3 Å². The number of pyridine rings is 2. The van der Waals surface area contributed by atoms with Gasteiger partial charge in [-0.1, -0.05) is 0 Å². The summed E-state index contributed by atoms with van der Waals surface area (Å²) in [4.78, 5) is 8.19. The van der Waals surface area contributed by atoms with Crippen molar-refractivity contribution in [1.29, 1.82) is 0 Å². The van der Waals surface area contributed by atoms with Gasteiger partial charge in [-0.05, 0) is 59.7 Å². The number of hydrogen-bond acceptors (Lipinski definition) is 4. The summed E-state index contributed by atoms with van der Waals surface area (Å²) in [7, 11) is 3.39. The van der Waals surface area contributed by atoms with Crippen molar-refractivity contribution in [3.05, 3.63) is 73.3 Å². The van der Waals surface area contributed by atoms with Gasteiger partial charge in [0.25, 0.3) is 0 Å². The molecular formula is C22H18N2O2. The molecule has 4 nitrogen and oxygen atoms in total. The zero-order valence-electron chi connectivity index (χ0n) is 14.6. The second kappa shape index (κ2) is 6.84. The zero-order chi connectivity index (χ0) is 17.9. The number of rotatable bonds is 4. The molecule has 0 fully saturated rings. The fourth-order valence-electron chi connectivity index (χ4n) is 3.31. The first-order chi connectivity index (χ1) is 12.8. The minimum atomic E-state index is 0.827. The smallest absolute Gasteiger partial charge is 0.134 e. The standard InChI is InChI=1S/C22H18N2O2/c1-25-21-17(15-7-11-23-12-8-15)3-6-20-19(21)5-4-18(22(20)26-2)16-9-13-24-14-10-16/h3-14H,1-2H3. The van der Waals surface area contributed by atoms with Crippen molar-refractivity contribution >= 4 is 10.8 Å². The van der Waals surface area contributed by atoms with E-state index in [9.17, 15) is 0 Å². The second-order valence-electron chi connectivity index (χ2n) is 5.86. The molecule has 0 spiro atoms. The van der Waals surface area contributed by atoms with Gasteiger partial charge in [0.05, 0.1) is 14.2 Å². The van der Waals surface area contributed by atoms with Gasteiger partial charge in [0.15, 0.2) is 0 Å². The lowest BCUT2D eigenvalue weighted by Gasteiger charge is -2.16. The van der Waals surface area contributed by atoms with Crippen molar-refractivity contribution < 1.29 is 9.47 Å². The highest BCUT2D eigenvalue weighted by Gasteiger charge is 2.16. The van der Waals surface area contributed by atoms with Crippen molar-refractivity contribution in [2.45, 2.75) is 0 Å². The quantitative estimate of drug-likeness (QED) is 0.524. The molecule has 0 saturated carbocycles. The van der Waals surface area contributed by atoms with Crippen LogP contribution in [0.5, 0.6) is 11.5 Å². The van der Waals surface area contributed by atoms with E-state index in [-0.39, 0.29) is 0 Å². The summed E-state index contributed by atoms with van der Waals surface area (Å²) >= 11 is 0. The predicted octanol–water partition coefficient (Wildman–Crippen LogP) is 4.98. The summed E-state index contributed by atoms with van der Waals surface area (Å²) in [6, 6.07) is 16.2. The van der Waals surface area contributed by atoms with Gasteiger partial charge in [-0.2, -0.15) is 0 Å². The monoisotopic (exact) mass is 342 g/mol. The van der Waals surface area contributed by atoms with Gasteiger partial charge in [-0.25, -0.2) is 0 Å². The fraction of sp³-hybridized carbons (Fsp3) is 0.0909. The van der Waals surface area contributed by atoms with Crippen molar-refractivity contribution in [3.63, 3.8) is 0 Å². The third-order valence-electron chi connectivity index (χ3n) is 4.49. The van der Waals surface area contributed by atoms with Gasteiger partial charge in [-0.15, -0.1) is 0 Å². The van der Waals surface area contributed by atoms with E-state index >= 15 is 0 Å². The normalized spacial score (nSPS) is 10.7. The van der Waals surface area contributed by atoms with E-state index in [2.05, 4.69) is 34.2 Å². The van der Waals surface area contributed by atoms with Crippen molar-refractivity contribution in [1.82, 2.24) is 9.97 Å². The molecule has 2 aromatic heterocycles. The average Bonchev–Trinajstić information content (AvgIpc) is 2.73. The first kappa shape index (κ1) is 16.1. The molecule has 4 heteroatoms. The molecule has 0 aliphatic rings. The van der Waals surface area contributed by atoms with Gasteiger partial charge < -0.3 is 9.47 Å². The molecule has 26 heavy (non-hydrogen) atoms. The Hall–Kier alpha value is -3.40. The van der Waals surface area contributed by atoms with Crippen LogP contribution in [-0.4, -0.2) is 24.2 Å². The lowest BCUT2D eigenvalue weighted by molar-refractivity contribution is 0.417. The summed E-state index contributed by atoms with van der Waals surface area (Å²) in [5.74, 6) is 1.65. The van der Waals surface area contributed by atoms with E-state index < -0.39 is 0 Å². The van der Waals surface area contributed by atoms with Crippen molar-refractivity contribution in [2.75, 3.05) is 14.2 Å². The van der Waals surface area contributed by atoms with Crippen LogP contribution in [0.1, 0.15) is 0 Å². The summed E-state index contributed by atoms with van der Waals surface area (Å²) in [5, 5.41) is 2.02. The number of methoxy groups -OCH3 is 2. The molecule has 2 aromatic carbocycles. The third kappa shape index (κ3) is 2.65. The Kier molecular flexibility index (Phi) is 4.23. The maximum atomic E-state index is 5.77. The molecule has 0 bridgehead atoms. The first-order valence-corrected chi connectivity index (χ1v) is 8.32. The highest BCUT2D eigenvalue weighted by Crippen LogP contribution is 2.43. The van der Waals surface area contributed by atoms with E-state index in [0.717, 1.165) is 44.5 Å². The first-order valence-electron chi connectivity index (χ1n) is 8.32. The van der Waals surface area contributed by atoms with Crippen molar-refractivity contribution in [2.24, 2.45) is 0 Å². The van der Waals surface area contributed by atoms with Gasteiger partial charge in [0, 0.05) is 46.7 Å². The molecule has 2 heterocycles. The van der Waals surface area contributed by atoms with Crippen LogP contribution in [0.4, 0.5) is 0 Å². The lowest BCUT2D eigenvalue weighted by atomic mass is 9.96. The highest BCUT2D eigenvalue weighted by atomic mass is 16.5. The van der Waals surface area contributed by atoms with Crippen LogP contribution in [0.25, 0.3) is 33.0 Å². The number of fused-ring (bicyclic) bond motifs is 1. The predicted molar refractivity (Wildman–Crippen MR) is 104 cm³/mol. The Morgan fingerprint density at radius 3 is 1.27 bits per heavy atom. The van der Waals surface area contributed by atoms with Crippen LogP contribution in [0.2, 0.25) is 0 Å².